The predicted octanol–water partition coefficient (Wildman–Crippen LogP) is 5.31. The van der Waals surface area contributed by atoms with E-state index in [2.05, 4.69) is 82.8 Å². The van der Waals surface area contributed by atoms with Gasteiger partial charge in [0.1, 0.15) is 12.4 Å². The topological polar surface area (TPSA) is 9.23 Å². The van der Waals surface area contributed by atoms with Gasteiger partial charge in [-0.2, -0.15) is 0 Å². The van der Waals surface area contributed by atoms with Crippen LogP contribution in [0.4, 0.5) is 0 Å². The summed E-state index contributed by atoms with van der Waals surface area (Å²) in [6, 6.07) is 4.19. The first-order chi connectivity index (χ1) is 7.58. The molecule has 90 valence electrons. The maximum atomic E-state index is 5.75. The van der Waals surface area contributed by atoms with Gasteiger partial charge in [-0.3, -0.25) is 0 Å². The highest BCUT2D eigenvalue weighted by atomic mass is 79.9. The molecule has 1 nitrogen and oxygen atoms in total. The lowest BCUT2D eigenvalue weighted by Crippen LogP contribution is -2.12. The number of alkyl halides is 2. The summed E-state index contributed by atoms with van der Waals surface area (Å²) in [5, 5.41) is 0.870. The van der Waals surface area contributed by atoms with Gasteiger partial charge in [-0.1, -0.05) is 38.8 Å². The number of benzene rings is 1. The van der Waals surface area contributed by atoms with Crippen molar-refractivity contribution in [2.75, 3.05) is 11.9 Å². The predicted molar refractivity (Wildman–Crippen MR) is 83.2 cm³/mol. The average Bonchev–Trinajstić information content (AvgIpc) is 2.27. The summed E-state index contributed by atoms with van der Waals surface area (Å²) in [6.07, 6.45) is 1.01. The molecule has 0 amide bonds. The molecule has 0 N–H and O–H groups in total. The molecule has 1 unspecified atom stereocenters. The zero-order valence-corrected chi connectivity index (χ0v) is 15.1. The van der Waals surface area contributed by atoms with Gasteiger partial charge in [-0.05, 0) is 56.0 Å². The third kappa shape index (κ3) is 4.31. The van der Waals surface area contributed by atoms with E-state index in [0.29, 0.717) is 11.4 Å². The minimum Gasteiger partial charge on any atom is -0.490 e. The first-order valence-corrected chi connectivity index (χ1v) is 8.51. The Morgan fingerprint density at radius 3 is 2.25 bits per heavy atom. The molecule has 1 rings (SSSR count). The quantitative estimate of drug-likeness (QED) is 0.520. The van der Waals surface area contributed by atoms with E-state index in [1.165, 1.54) is 5.56 Å². The molecule has 0 radical (unpaired) electrons. The number of halogens is 4. The van der Waals surface area contributed by atoms with E-state index in [-0.39, 0.29) is 0 Å². The number of aryl methyl sites for hydroxylation is 1. The fourth-order valence-corrected chi connectivity index (χ4v) is 3.00. The van der Waals surface area contributed by atoms with Gasteiger partial charge >= 0.3 is 0 Å². The summed E-state index contributed by atoms with van der Waals surface area (Å²) in [7, 11) is 0. The highest BCUT2D eigenvalue weighted by Gasteiger charge is 2.10. The van der Waals surface area contributed by atoms with Crippen LogP contribution in [-0.2, 0) is 6.42 Å². The molecule has 1 aromatic rings. The lowest BCUT2D eigenvalue weighted by atomic mass is 10.2. The molecule has 0 spiro atoms. The number of rotatable bonds is 5. The molecular weight excluding hydrogens is 468 g/mol. The van der Waals surface area contributed by atoms with Crippen molar-refractivity contribution in [2.24, 2.45) is 0 Å². The van der Waals surface area contributed by atoms with E-state index < -0.39 is 0 Å². The van der Waals surface area contributed by atoms with Crippen molar-refractivity contribution in [1.29, 1.82) is 0 Å². The SMILES string of the molecule is CCc1cc(Br)c(OCC(Br)CBr)c(Br)c1. The Hall–Kier alpha value is 0.940. The second-order valence-electron chi connectivity index (χ2n) is 3.30. The van der Waals surface area contributed by atoms with Crippen molar-refractivity contribution in [3.63, 3.8) is 0 Å². The van der Waals surface area contributed by atoms with Crippen LogP contribution in [0.25, 0.3) is 0 Å². The van der Waals surface area contributed by atoms with E-state index in [4.69, 9.17) is 4.74 Å². The fourth-order valence-electron chi connectivity index (χ4n) is 1.17. The number of ether oxygens (including phenoxy) is 1. The van der Waals surface area contributed by atoms with Gasteiger partial charge in [0, 0.05) is 5.33 Å². The van der Waals surface area contributed by atoms with Crippen LogP contribution in [0.2, 0.25) is 0 Å². The van der Waals surface area contributed by atoms with Gasteiger partial charge in [0.05, 0.1) is 13.8 Å². The third-order valence-electron chi connectivity index (χ3n) is 2.04. The molecule has 0 saturated heterocycles. The molecule has 0 fully saturated rings. The zero-order chi connectivity index (χ0) is 12.1. The summed E-state index contributed by atoms with van der Waals surface area (Å²) in [4.78, 5) is 0.317. The molecule has 1 atom stereocenters. The lowest BCUT2D eigenvalue weighted by Gasteiger charge is -2.13. The monoisotopic (exact) mass is 476 g/mol. The molecule has 0 aromatic heterocycles. The van der Waals surface area contributed by atoms with Crippen molar-refractivity contribution in [1.82, 2.24) is 0 Å². The Kier molecular flexibility index (Phi) is 6.93. The van der Waals surface area contributed by atoms with E-state index in [9.17, 15) is 0 Å². The highest BCUT2D eigenvalue weighted by Crippen LogP contribution is 2.35. The Balaban J connectivity index is 2.80. The maximum Gasteiger partial charge on any atom is 0.147 e. The Morgan fingerprint density at radius 2 is 1.81 bits per heavy atom. The van der Waals surface area contributed by atoms with Crippen LogP contribution in [-0.4, -0.2) is 16.8 Å². The van der Waals surface area contributed by atoms with Crippen LogP contribution in [0.15, 0.2) is 21.1 Å². The molecule has 5 heteroatoms. The van der Waals surface area contributed by atoms with Crippen molar-refractivity contribution < 1.29 is 4.74 Å². The second kappa shape index (κ2) is 7.39. The van der Waals surface area contributed by atoms with E-state index in [0.717, 1.165) is 26.4 Å². The summed E-state index contributed by atoms with van der Waals surface area (Å²) in [5.41, 5.74) is 1.28. The van der Waals surface area contributed by atoms with Gasteiger partial charge in [0.25, 0.3) is 0 Å². The summed E-state index contributed by atoms with van der Waals surface area (Å²) >= 11 is 14.0. The van der Waals surface area contributed by atoms with Crippen molar-refractivity contribution in [2.45, 2.75) is 18.2 Å². The van der Waals surface area contributed by atoms with E-state index >= 15 is 0 Å². The minimum absolute atomic E-state index is 0.317. The molecular formula is C11H12Br4O. The van der Waals surface area contributed by atoms with Crippen molar-refractivity contribution in [3.05, 3.63) is 26.6 Å². The first-order valence-electron chi connectivity index (χ1n) is 4.89. The van der Waals surface area contributed by atoms with Gasteiger partial charge in [0.2, 0.25) is 0 Å². The van der Waals surface area contributed by atoms with Crippen LogP contribution in [0.1, 0.15) is 12.5 Å². The normalized spacial score (nSPS) is 12.6. The molecule has 16 heavy (non-hydrogen) atoms. The maximum absolute atomic E-state index is 5.75. The summed E-state index contributed by atoms with van der Waals surface area (Å²) < 4.78 is 7.74. The van der Waals surface area contributed by atoms with Crippen LogP contribution in [0.3, 0.4) is 0 Å². The largest absolute Gasteiger partial charge is 0.490 e. The molecule has 1 aromatic carbocycles. The molecule has 0 bridgehead atoms. The molecule has 0 heterocycles. The number of hydrogen-bond donors (Lipinski definition) is 0. The van der Waals surface area contributed by atoms with Crippen LogP contribution < -0.4 is 4.74 Å². The van der Waals surface area contributed by atoms with E-state index in [1.54, 1.807) is 0 Å². The molecule has 0 aliphatic rings. The van der Waals surface area contributed by atoms with Gasteiger partial charge in [0.15, 0.2) is 0 Å². The molecule has 0 aliphatic heterocycles. The Morgan fingerprint density at radius 1 is 1.25 bits per heavy atom. The second-order valence-corrected chi connectivity index (χ2v) is 6.96. The third-order valence-corrected chi connectivity index (χ3v) is 5.46. The fraction of sp³-hybridized carbons (Fsp3) is 0.455. The number of hydrogen-bond acceptors (Lipinski definition) is 1. The van der Waals surface area contributed by atoms with Crippen LogP contribution in [0, 0.1) is 0 Å². The zero-order valence-electron chi connectivity index (χ0n) is 8.77. The summed E-state index contributed by atoms with van der Waals surface area (Å²) in [6.45, 7) is 2.77. The Labute approximate surface area is 130 Å². The Bertz CT molecular complexity index is 331. The van der Waals surface area contributed by atoms with Crippen molar-refractivity contribution >= 4 is 63.7 Å². The highest BCUT2D eigenvalue weighted by molar-refractivity contribution is 9.12. The van der Waals surface area contributed by atoms with E-state index in [1.807, 2.05) is 0 Å². The summed E-state index contributed by atoms with van der Waals surface area (Å²) in [5.74, 6) is 0.864. The average molecular weight is 480 g/mol. The standard InChI is InChI=1S/C11H12Br4O/c1-2-7-3-9(14)11(10(15)4-7)16-6-8(13)5-12/h3-4,8H,2,5-6H2,1H3. The van der Waals surface area contributed by atoms with Gasteiger partial charge in [-0.15, -0.1) is 0 Å². The van der Waals surface area contributed by atoms with Gasteiger partial charge in [-0.25, -0.2) is 0 Å². The van der Waals surface area contributed by atoms with Gasteiger partial charge < -0.3 is 4.74 Å². The van der Waals surface area contributed by atoms with Crippen molar-refractivity contribution in [3.8, 4) is 5.75 Å². The molecule has 0 saturated carbocycles. The molecule has 0 aliphatic carbocycles. The minimum atomic E-state index is 0.317. The van der Waals surface area contributed by atoms with Crippen LogP contribution in [0.5, 0.6) is 5.75 Å². The van der Waals surface area contributed by atoms with Crippen LogP contribution >= 0.6 is 63.7 Å². The first kappa shape index (κ1) is 15.0. The smallest absolute Gasteiger partial charge is 0.147 e. The lowest BCUT2D eigenvalue weighted by molar-refractivity contribution is 0.321.